The van der Waals surface area contributed by atoms with Crippen LogP contribution in [0.15, 0.2) is 65.1 Å². The van der Waals surface area contributed by atoms with Crippen molar-refractivity contribution in [2.24, 2.45) is 0 Å². The SMILES string of the molecule is O=Cc1cc(Br)ccc1-c1ccc2sc3ccccc3c2c1. The zero-order chi connectivity index (χ0) is 15.1. The maximum Gasteiger partial charge on any atom is 0.150 e. The van der Waals surface area contributed by atoms with Crippen molar-refractivity contribution >= 4 is 53.7 Å². The number of rotatable bonds is 2. The molecule has 4 rings (SSSR count). The Morgan fingerprint density at radius 3 is 2.55 bits per heavy atom. The van der Waals surface area contributed by atoms with Crippen LogP contribution >= 0.6 is 27.3 Å². The largest absolute Gasteiger partial charge is 0.298 e. The van der Waals surface area contributed by atoms with Crippen LogP contribution in [-0.2, 0) is 0 Å². The van der Waals surface area contributed by atoms with E-state index in [1.807, 2.05) is 18.2 Å². The molecule has 0 aliphatic rings. The molecule has 0 spiro atoms. The first-order valence-electron chi connectivity index (χ1n) is 6.93. The van der Waals surface area contributed by atoms with E-state index in [9.17, 15) is 4.79 Å². The van der Waals surface area contributed by atoms with Gasteiger partial charge in [-0.05, 0) is 41.5 Å². The van der Waals surface area contributed by atoms with E-state index in [0.717, 1.165) is 21.9 Å². The molecule has 106 valence electrons. The summed E-state index contributed by atoms with van der Waals surface area (Å²) < 4.78 is 3.48. The maximum atomic E-state index is 11.4. The zero-order valence-electron chi connectivity index (χ0n) is 11.5. The Hall–Kier alpha value is -1.97. The highest BCUT2D eigenvalue weighted by Crippen LogP contribution is 2.37. The van der Waals surface area contributed by atoms with E-state index in [-0.39, 0.29) is 0 Å². The van der Waals surface area contributed by atoms with Crippen molar-refractivity contribution in [3.63, 3.8) is 0 Å². The number of hydrogen-bond donors (Lipinski definition) is 0. The molecule has 0 radical (unpaired) electrons. The number of carbonyl (C=O) groups is 1. The Morgan fingerprint density at radius 2 is 1.68 bits per heavy atom. The van der Waals surface area contributed by atoms with Crippen LogP contribution in [0.1, 0.15) is 10.4 Å². The fourth-order valence-electron chi connectivity index (χ4n) is 2.79. The third kappa shape index (κ3) is 2.18. The molecule has 0 unspecified atom stereocenters. The van der Waals surface area contributed by atoms with Crippen molar-refractivity contribution in [2.75, 3.05) is 0 Å². The second-order valence-electron chi connectivity index (χ2n) is 5.16. The van der Waals surface area contributed by atoms with Crippen molar-refractivity contribution in [3.8, 4) is 11.1 Å². The average Bonchev–Trinajstić information content (AvgIpc) is 2.92. The molecule has 0 aliphatic heterocycles. The summed E-state index contributed by atoms with van der Waals surface area (Å²) in [6.45, 7) is 0. The van der Waals surface area contributed by atoms with Gasteiger partial charge in [0.1, 0.15) is 0 Å². The summed E-state index contributed by atoms with van der Waals surface area (Å²) in [5.41, 5.74) is 2.74. The van der Waals surface area contributed by atoms with Crippen molar-refractivity contribution in [1.82, 2.24) is 0 Å². The second kappa shape index (κ2) is 5.34. The smallest absolute Gasteiger partial charge is 0.150 e. The highest BCUT2D eigenvalue weighted by Gasteiger charge is 2.09. The van der Waals surface area contributed by atoms with Crippen LogP contribution in [0, 0.1) is 0 Å². The number of thiophene rings is 1. The Morgan fingerprint density at radius 1 is 0.864 bits per heavy atom. The molecular formula is C19H11BrOS. The molecule has 0 N–H and O–H groups in total. The lowest BCUT2D eigenvalue weighted by atomic mass is 9.99. The summed E-state index contributed by atoms with van der Waals surface area (Å²) in [6, 6.07) is 20.7. The Labute approximate surface area is 140 Å². The van der Waals surface area contributed by atoms with Crippen LogP contribution < -0.4 is 0 Å². The molecule has 3 heteroatoms. The molecule has 22 heavy (non-hydrogen) atoms. The molecule has 0 bridgehead atoms. The van der Waals surface area contributed by atoms with Crippen molar-refractivity contribution in [1.29, 1.82) is 0 Å². The predicted molar refractivity (Wildman–Crippen MR) is 97.9 cm³/mol. The van der Waals surface area contributed by atoms with Gasteiger partial charge in [-0.1, -0.05) is 46.3 Å². The van der Waals surface area contributed by atoms with Crippen LogP contribution in [0.2, 0.25) is 0 Å². The lowest BCUT2D eigenvalue weighted by Crippen LogP contribution is -1.87. The fraction of sp³-hybridized carbons (Fsp3) is 0. The van der Waals surface area contributed by atoms with Crippen LogP contribution in [0.5, 0.6) is 0 Å². The third-order valence-electron chi connectivity index (χ3n) is 3.83. The van der Waals surface area contributed by atoms with E-state index in [4.69, 9.17) is 0 Å². The van der Waals surface area contributed by atoms with E-state index < -0.39 is 0 Å². The van der Waals surface area contributed by atoms with Gasteiger partial charge >= 0.3 is 0 Å². The Balaban J connectivity index is 2.00. The van der Waals surface area contributed by atoms with Gasteiger partial charge in [-0.2, -0.15) is 0 Å². The monoisotopic (exact) mass is 366 g/mol. The van der Waals surface area contributed by atoms with Crippen LogP contribution in [0.3, 0.4) is 0 Å². The van der Waals surface area contributed by atoms with Gasteiger partial charge in [0.15, 0.2) is 6.29 Å². The number of halogens is 1. The highest BCUT2D eigenvalue weighted by molar-refractivity contribution is 9.10. The molecule has 1 nitrogen and oxygen atoms in total. The minimum absolute atomic E-state index is 0.702. The normalized spacial score (nSPS) is 11.1. The summed E-state index contributed by atoms with van der Waals surface area (Å²) in [7, 11) is 0. The molecule has 0 atom stereocenters. The number of benzene rings is 3. The average molecular weight is 367 g/mol. The lowest BCUT2D eigenvalue weighted by Gasteiger charge is -2.06. The minimum atomic E-state index is 0.702. The molecule has 0 saturated carbocycles. The van der Waals surface area contributed by atoms with Crippen LogP contribution in [0.4, 0.5) is 0 Å². The van der Waals surface area contributed by atoms with Gasteiger partial charge in [0.2, 0.25) is 0 Å². The summed E-state index contributed by atoms with van der Waals surface area (Å²) in [4.78, 5) is 11.4. The van der Waals surface area contributed by atoms with Gasteiger partial charge in [-0.3, -0.25) is 4.79 Å². The van der Waals surface area contributed by atoms with E-state index in [1.54, 1.807) is 11.3 Å². The van der Waals surface area contributed by atoms with Crippen molar-refractivity contribution in [2.45, 2.75) is 0 Å². The van der Waals surface area contributed by atoms with Gasteiger partial charge in [0, 0.05) is 30.2 Å². The van der Waals surface area contributed by atoms with Crippen LogP contribution in [0.25, 0.3) is 31.3 Å². The molecule has 0 aliphatic carbocycles. The first kappa shape index (κ1) is 13.7. The Kier molecular flexibility index (Phi) is 3.32. The summed E-state index contributed by atoms with van der Waals surface area (Å²) in [6.07, 6.45) is 0.913. The quantitative estimate of drug-likeness (QED) is 0.380. The predicted octanol–water partition coefficient (Wildman–Crippen LogP) is 6.30. The molecule has 1 aromatic heterocycles. The van der Waals surface area contributed by atoms with Crippen molar-refractivity contribution in [3.05, 3.63) is 70.7 Å². The minimum Gasteiger partial charge on any atom is -0.298 e. The van der Waals surface area contributed by atoms with E-state index in [0.29, 0.717) is 5.56 Å². The van der Waals surface area contributed by atoms with Gasteiger partial charge in [-0.25, -0.2) is 0 Å². The standard InChI is InChI=1S/C19H11BrOS/c20-14-6-7-15(13(9-14)11-21)12-5-8-19-17(10-12)16-3-1-2-4-18(16)22-19/h1-11H. The van der Waals surface area contributed by atoms with E-state index >= 15 is 0 Å². The molecule has 0 fully saturated rings. The molecule has 4 aromatic rings. The summed E-state index contributed by atoms with van der Waals surface area (Å²) >= 11 is 5.22. The first-order valence-corrected chi connectivity index (χ1v) is 8.53. The number of hydrogen-bond acceptors (Lipinski definition) is 2. The molecule has 1 heterocycles. The fourth-order valence-corrected chi connectivity index (χ4v) is 4.25. The van der Waals surface area contributed by atoms with Crippen molar-refractivity contribution < 1.29 is 4.79 Å². The number of fused-ring (bicyclic) bond motifs is 3. The highest BCUT2D eigenvalue weighted by atomic mass is 79.9. The second-order valence-corrected chi connectivity index (χ2v) is 7.16. The lowest BCUT2D eigenvalue weighted by molar-refractivity contribution is 0.112. The Bertz CT molecular complexity index is 1020. The van der Waals surface area contributed by atoms with Gasteiger partial charge < -0.3 is 0 Å². The molecule has 0 amide bonds. The van der Waals surface area contributed by atoms with E-state index in [1.165, 1.54) is 20.2 Å². The molecule has 3 aromatic carbocycles. The summed E-state index contributed by atoms with van der Waals surface area (Å²) in [5.74, 6) is 0. The van der Waals surface area contributed by atoms with Gasteiger partial charge in [-0.15, -0.1) is 11.3 Å². The van der Waals surface area contributed by atoms with Gasteiger partial charge in [0.05, 0.1) is 0 Å². The third-order valence-corrected chi connectivity index (χ3v) is 5.47. The van der Waals surface area contributed by atoms with E-state index in [2.05, 4.69) is 58.4 Å². The van der Waals surface area contributed by atoms with Gasteiger partial charge in [0.25, 0.3) is 0 Å². The maximum absolute atomic E-state index is 11.4. The number of carbonyl (C=O) groups excluding carboxylic acids is 1. The molecule has 0 saturated heterocycles. The van der Waals surface area contributed by atoms with Crippen LogP contribution in [-0.4, -0.2) is 6.29 Å². The molecular weight excluding hydrogens is 356 g/mol. The zero-order valence-corrected chi connectivity index (χ0v) is 13.9. The number of aldehydes is 1. The topological polar surface area (TPSA) is 17.1 Å². The first-order chi connectivity index (χ1) is 10.8. The summed E-state index contributed by atoms with van der Waals surface area (Å²) in [5, 5.41) is 2.52.